The second kappa shape index (κ2) is 6.69. The van der Waals surface area contributed by atoms with E-state index in [1.54, 1.807) is 13.0 Å². The fourth-order valence-electron chi connectivity index (χ4n) is 1.87. The van der Waals surface area contributed by atoms with Crippen molar-refractivity contribution in [1.82, 2.24) is 10.1 Å². The van der Waals surface area contributed by atoms with Gasteiger partial charge in [-0.1, -0.05) is 11.2 Å². The van der Waals surface area contributed by atoms with Crippen LogP contribution in [0, 0.1) is 17.0 Å². The Morgan fingerprint density at radius 3 is 2.74 bits per heavy atom. The minimum atomic E-state index is -0.587. The highest BCUT2D eigenvalue weighted by Gasteiger charge is 2.18. The van der Waals surface area contributed by atoms with Crippen molar-refractivity contribution in [2.24, 2.45) is 0 Å². The molecule has 9 nitrogen and oxygen atoms in total. The molecular formula is C14H14N4O5. The van der Waals surface area contributed by atoms with Crippen molar-refractivity contribution in [2.75, 3.05) is 18.9 Å². The molecule has 1 N–H and O–H groups in total. The van der Waals surface area contributed by atoms with Gasteiger partial charge in [0.1, 0.15) is 5.76 Å². The molecule has 0 aliphatic heterocycles. The van der Waals surface area contributed by atoms with Crippen LogP contribution in [0.5, 0.6) is 0 Å². The lowest BCUT2D eigenvalue weighted by molar-refractivity contribution is -0.384. The van der Waals surface area contributed by atoms with Gasteiger partial charge in [0.15, 0.2) is 5.82 Å². The molecule has 0 saturated carbocycles. The van der Waals surface area contributed by atoms with E-state index in [1.807, 2.05) is 0 Å². The maximum atomic E-state index is 12.2. The zero-order valence-corrected chi connectivity index (χ0v) is 12.5. The Balaban J connectivity index is 2.00. The predicted molar refractivity (Wildman–Crippen MR) is 79.9 cm³/mol. The van der Waals surface area contributed by atoms with Crippen LogP contribution in [-0.4, -0.2) is 40.4 Å². The lowest BCUT2D eigenvalue weighted by Crippen LogP contribution is -2.35. The Kier molecular flexibility index (Phi) is 4.69. The average molecular weight is 318 g/mol. The summed E-state index contributed by atoms with van der Waals surface area (Å²) in [6.45, 7) is 1.45. The molecule has 0 aliphatic carbocycles. The van der Waals surface area contributed by atoms with E-state index in [1.165, 1.54) is 25.2 Å². The first-order valence-electron chi connectivity index (χ1n) is 6.60. The number of hydrogen-bond donors (Lipinski definition) is 1. The van der Waals surface area contributed by atoms with E-state index in [4.69, 9.17) is 4.52 Å². The molecule has 2 aromatic rings. The molecule has 120 valence electrons. The highest BCUT2D eigenvalue weighted by atomic mass is 16.6. The van der Waals surface area contributed by atoms with Crippen molar-refractivity contribution >= 4 is 23.3 Å². The molecule has 0 saturated heterocycles. The number of nitro groups is 1. The van der Waals surface area contributed by atoms with Crippen LogP contribution in [0.25, 0.3) is 0 Å². The van der Waals surface area contributed by atoms with Crippen molar-refractivity contribution in [3.63, 3.8) is 0 Å². The second-order valence-corrected chi connectivity index (χ2v) is 4.84. The van der Waals surface area contributed by atoms with Crippen molar-refractivity contribution in [1.29, 1.82) is 0 Å². The summed E-state index contributed by atoms with van der Waals surface area (Å²) in [5.41, 5.74) is -0.0569. The normalized spacial score (nSPS) is 10.2. The van der Waals surface area contributed by atoms with E-state index in [-0.39, 0.29) is 23.6 Å². The molecule has 0 aliphatic rings. The average Bonchev–Trinajstić information content (AvgIpc) is 2.91. The molecule has 2 amide bonds. The van der Waals surface area contributed by atoms with E-state index in [0.29, 0.717) is 5.76 Å². The van der Waals surface area contributed by atoms with Crippen molar-refractivity contribution in [3.05, 3.63) is 51.8 Å². The summed E-state index contributed by atoms with van der Waals surface area (Å²) < 4.78 is 4.81. The number of nitrogens with one attached hydrogen (secondary N) is 1. The molecule has 9 heteroatoms. The number of anilines is 1. The van der Waals surface area contributed by atoms with Gasteiger partial charge in [0.2, 0.25) is 5.91 Å². The number of aryl methyl sites for hydroxylation is 1. The first kappa shape index (κ1) is 16.1. The van der Waals surface area contributed by atoms with Gasteiger partial charge in [-0.05, 0) is 13.0 Å². The van der Waals surface area contributed by atoms with Gasteiger partial charge in [-0.15, -0.1) is 0 Å². The predicted octanol–water partition coefficient (Wildman–Crippen LogP) is 1.60. The number of benzene rings is 1. The minimum absolute atomic E-state index is 0.131. The smallest absolute Gasteiger partial charge is 0.270 e. The van der Waals surface area contributed by atoms with Crippen LogP contribution in [0.2, 0.25) is 0 Å². The number of carbonyl (C=O) groups excluding carboxylic acids is 2. The van der Waals surface area contributed by atoms with Crippen LogP contribution < -0.4 is 5.32 Å². The van der Waals surface area contributed by atoms with E-state index < -0.39 is 16.7 Å². The standard InChI is InChI=1S/C14H14N4O5/c1-9-6-12(16-23-9)15-13(19)8-17(2)14(20)10-4-3-5-11(7-10)18(21)22/h3-7H,8H2,1-2H3,(H,15,16,19). The summed E-state index contributed by atoms with van der Waals surface area (Å²) in [6, 6.07) is 6.86. The fourth-order valence-corrected chi connectivity index (χ4v) is 1.87. The van der Waals surface area contributed by atoms with E-state index in [9.17, 15) is 19.7 Å². The van der Waals surface area contributed by atoms with Crippen LogP contribution in [0.15, 0.2) is 34.9 Å². The molecule has 23 heavy (non-hydrogen) atoms. The Hall–Kier alpha value is -3.23. The quantitative estimate of drug-likeness (QED) is 0.660. The van der Waals surface area contributed by atoms with Crippen LogP contribution in [0.1, 0.15) is 16.1 Å². The van der Waals surface area contributed by atoms with Gasteiger partial charge < -0.3 is 14.7 Å². The van der Waals surface area contributed by atoms with Gasteiger partial charge in [-0.3, -0.25) is 19.7 Å². The number of hydrogen-bond acceptors (Lipinski definition) is 6. The van der Waals surface area contributed by atoms with Gasteiger partial charge in [0.25, 0.3) is 11.6 Å². The number of carbonyl (C=O) groups is 2. The van der Waals surface area contributed by atoms with Gasteiger partial charge in [0, 0.05) is 30.8 Å². The van der Waals surface area contributed by atoms with Crippen molar-refractivity contribution in [3.8, 4) is 0 Å². The molecule has 2 rings (SSSR count). The zero-order chi connectivity index (χ0) is 17.0. The number of likely N-dealkylation sites (N-methyl/N-ethyl adjacent to an activating group) is 1. The number of rotatable bonds is 5. The summed E-state index contributed by atoms with van der Waals surface area (Å²) in [7, 11) is 1.43. The third-order valence-corrected chi connectivity index (χ3v) is 2.93. The lowest BCUT2D eigenvalue weighted by Gasteiger charge is -2.16. The topological polar surface area (TPSA) is 119 Å². The number of non-ortho nitro benzene ring substituents is 1. The summed E-state index contributed by atoms with van der Waals surface area (Å²) in [5, 5.41) is 16.8. The van der Waals surface area contributed by atoms with E-state index in [0.717, 1.165) is 11.0 Å². The highest BCUT2D eigenvalue weighted by molar-refractivity contribution is 5.99. The van der Waals surface area contributed by atoms with Crippen LogP contribution >= 0.6 is 0 Å². The molecule has 0 atom stereocenters. The van der Waals surface area contributed by atoms with Gasteiger partial charge in [0.05, 0.1) is 11.5 Å². The van der Waals surface area contributed by atoms with Gasteiger partial charge >= 0.3 is 0 Å². The highest BCUT2D eigenvalue weighted by Crippen LogP contribution is 2.14. The van der Waals surface area contributed by atoms with Gasteiger partial charge in [-0.2, -0.15) is 0 Å². The molecule has 1 aromatic heterocycles. The Morgan fingerprint density at radius 1 is 1.39 bits per heavy atom. The molecule has 1 heterocycles. The minimum Gasteiger partial charge on any atom is -0.360 e. The summed E-state index contributed by atoms with van der Waals surface area (Å²) in [4.78, 5) is 35.3. The summed E-state index contributed by atoms with van der Waals surface area (Å²) >= 11 is 0. The maximum Gasteiger partial charge on any atom is 0.270 e. The first-order valence-corrected chi connectivity index (χ1v) is 6.60. The Morgan fingerprint density at radius 2 is 2.13 bits per heavy atom. The van der Waals surface area contributed by atoms with Crippen LogP contribution in [0.4, 0.5) is 11.5 Å². The number of amides is 2. The molecular weight excluding hydrogens is 304 g/mol. The Bertz CT molecular complexity index is 755. The SMILES string of the molecule is Cc1cc(NC(=O)CN(C)C(=O)c2cccc([N+](=O)[O-])c2)no1. The number of nitro benzene ring substituents is 1. The zero-order valence-electron chi connectivity index (χ0n) is 12.5. The third-order valence-electron chi connectivity index (χ3n) is 2.93. The monoisotopic (exact) mass is 318 g/mol. The molecule has 0 bridgehead atoms. The van der Waals surface area contributed by atoms with Crippen LogP contribution in [-0.2, 0) is 4.79 Å². The fraction of sp³-hybridized carbons (Fsp3) is 0.214. The van der Waals surface area contributed by atoms with Crippen molar-refractivity contribution < 1.29 is 19.0 Å². The first-order chi connectivity index (χ1) is 10.9. The number of aromatic nitrogens is 1. The lowest BCUT2D eigenvalue weighted by atomic mass is 10.2. The molecule has 0 spiro atoms. The van der Waals surface area contributed by atoms with E-state index in [2.05, 4.69) is 10.5 Å². The summed E-state index contributed by atoms with van der Waals surface area (Å²) in [5.74, 6) is -0.162. The van der Waals surface area contributed by atoms with Crippen molar-refractivity contribution in [2.45, 2.75) is 6.92 Å². The molecule has 1 aromatic carbocycles. The molecule has 0 radical (unpaired) electrons. The van der Waals surface area contributed by atoms with Crippen LogP contribution in [0.3, 0.4) is 0 Å². The van der Waals surface area contributed by atoms with E-state index >= 15 is 0 Å². The Labute approximate surface area is 131 Å². The maximum absolute atomic E-state index is 12.2. The second-order valence-electron chi connectivity index (χ2n) is 4.84. The third kappa shape index (κ3) is 4.13. The molecule has 0 fully saturated rings. The van der Waals surface area contributed by atoms with Gasteiger partial charge in [-0.25, -0.2) is 0 Å². The largest absolute Gasteiger partial charge is 0.360 e. The summed E-state index contributed by atoms with van der Waals surface area (Å²) in [6.07, 6.45) is 0. The molecule has 0 unspecified atom stereocenters. The number of nitrogens with zero attached hydrogens (tertiary/aromatic N) is 3.